The molecule has 0 aromatic heterocycles. The number of methoxy groups -OCH3 is 1. The first-order valence-corrected chi connectivity index (χ1v) is 10.0. The van der Waals surface area contributed by atoms with Gasteiger partial charge in [-0.2, -0.15) is 8.42 Å². The average Bonchev–Trinajstić information content (AvgIpc) is 2.61. The molecule has 1 aliphatic heterocycles. The van der Waals surface area contributed by atoms with E-state index in [1.807, 2.05) is 0 Å². The number of amidine groups is 1. The molecule has 0 bridgehead atoms. The molecule has 142 valence electrons. The van der Waals surface area contributed by atoms with E-state index in [1.54, 1.807) is 36.4 Å². The Labute approximate surface area is 162 Å². The molecule has 2 N–H and O–H groups in total. The maximum atomic E-state index is 12.2. The van der Waals surface area contributed by atoms with Gasteiger partial charge in [0.2, 0.25) is 5.91 Å². The Morgan fingerprint density at radius 1 is 1.26 bits per heavy atom. The number of amides is 1. The standard InChI is InChI=1S/C18H18ClN3O4S/c1-26-15-10-9-12(19)11-14(15)21-18(23)8-4-7-17-20-13-5-2-3-6-16(13)27(24,25)22-17/h2-3,5-6,9-11H,4,7-8H2,1H3,(H,20,22)(H,21,23). The van der Waals surface area contributed by atoms with Gasteiger partial charge in [0.1, 0.15) is 16.5 Å². The summed E-state index contributed by atoms with van der Waals surface area (Å²) >= 11 is 5.94. The number of para-hydroxylation sites is 1. The molecule has 0 atom stereocenters. The summed E-state index contributed by atoms with van der Waals surface area (Å²) in [5, 5.41) is 6.23. The van der Waals surface area contributed by atoms with Crippen molar-refractivity contribution in [3.05, 3.63) is 47.5 Å². The predicted molar refractivity (Wildman–Crippen MR) is 105 cm³/mol. The van der Waals surface area contributed by atoms with E-state index < -0.39 is 10.0 Å². The first kappa shape index (κ1) is 19.2. The van der Waals surface area contributed by atoms with Crippen molar-refractivity contribution in [2.24, 2.45) is 4.40 Å². The van der Waals surface area contributed by atoms with Crippen molar-refractivity contribution in [1.29, 1.82) is 0 Å². The Bertz CT molecular complexity index is 1010. The van der Waals surface area contributed by atoms with E-state index in [9.17, 15) is 13.2 Å². The molecule has 0 unspecified atom stereocenters. The quantitative estimate of drug-likeness (QED) is 0.761. The molecule has 1 amide bonds. The lowest BCUT2D eigenvalue weighted by atomic mass is 10.2. The molecule has 0 spiro atoms. The van der Waals surface area contributed by atoms with E-state index in [-0.39, 0.29) is 17.2 Å². The number of fused-ring (bicyclic) bond motifs is 1. The highest BCUT2D eigenvalue weighted by molar-refractivity contribution is 7.90. The highest BCUT2D eigenvalue weighted by Gasteiger charge is 2.24. The van der Waals surface area contributed by atoms with Gasteiger partial charge in [-0.15, -0.1) is 4.40 Å². The van der Waals surface area contributed by atoms with Crippen LogP contribution in [0.3, 0.4) is 0 Å². The van der Waals surface area contributed by atoms with Gasteiger partial charge >= 0.3 is 0 Å². The van der Waals surface area contributed by atoms with E-state index in [1.165, 1.54) is 13.2 Å². The van der Waals surface area contributed by atoms with Crippen LogP contribution in [0.1, 0.15) is 19.3 Å². The average molecular weight is 408 g/mol. The maximum absolute atomic E-state index is 12.2. The van der Waals surface area contributed by atoms with E-state index in [0.29, 0.717) is 40.8 Å². The van der Waals surface area contributed by atoms with Crippen LogP contribution in [0.5, 0.6) is 5.75 Å². The molecule has 7 nitrogen and oxygen atoms in total. The molecule has 1 heterocycles. The van der Waals surface area contributed by atoms with Gasteiger partial charge in [0.05, 0.1) is 18.5 Å². The number of sulfonamides is 1. The van der Waals surface area contributed by atoms with Crippen molar-refractivity contribution in [2.75, 3.05) is 17.7 Å². The Kier molecular flexibility index (Phi) is 5.67. The summed E-state index contributed by atoms with van der Waals surface area (Å²) in [4.78, 5) is 12.3. The molecule has 9 heteroatoms. The zero-order valence-electron chi connectivity index (χ0n) is 14.5. The lowest BCUT2D eigenvalue weighted by Gasteiger charge is -2.17. The van der Waals surface area contributed by atoms with Gasteiger partial charge in [0.25, 0.3) is 10.0 Å². The Hall–Kier alpha value is -2.58. The number of hydrogen-bond acceptors (Lipinski definition) is 5. The van der Waals surface area contributed by atoms with Crippen LogP contribution in [0.25, 0.3) is 0 Å². The van der Waals surface area contributed by atoms with Crippen molar-refractivity contribution in [2.45, 2.75) is 24.2 Å². The number of rotatable bonds is 6. The smallest absolute Gasteiger partial charge is 0.286 e. The monoisotopic (exact) mass is 407 g/mol. The van der Waals surface area contributed by atoms with E-state index in [2.05, 4.69) is 15.0 Å². The van der Waals surface area contributed by atoms with Crippen LogP contribution in [-0.2, 0) is 14.8 Å². The number of ether oxygens (including phenoxy) is 1. The van der Waals surface area contributed by atoms with Crippen molar-refractivity contribution in [3.63, 3.8) is 0 Å². The molecule has 1 aliphatic rings. The van der Waals surface area contributed by atoms with Crippen molar-refractivity contribution in [1.82, 2.24) is 0 Å². The summed E-state index contributed by atoms with van der Waals surface area (Å²) in [5.41, 5.74) is 0.982. The molecule has 0 saturated carbocycles. The molecular weight excluding hydrogens is 390 g/mol. The SMILES string of the molecule is COc1ccc(Cl)cc1NC(=O)CCCC1=NS(=O)(=O)c2ccccc2N1. The lowest BCUT2D eigenvalue weighted by Crippen LogP contribution is -2.22. The predicted octanol–water partition coefficient (Wildman–Crippen LogP) is 3.67. The van der Waals surface area contributed by atoms with Crippen molar-refractivity contribution in [3.8, 4) is 5.75 Å². The summed E-state index contributed by atoms with van der Waals surface area (Å²) in [6.07, 6.45) is 0.948. The molecule has 0 aliphatic carbocycles. The van der Waals surface area contributed by atoms with Crippen LogP contribution >= 0.6 is 11.6 Å². The number of benzene rings is 2. The van der Waals surface area contributed by atoms with Crippen LogP contribution < -0.4 is 15.4 Å². The van der Waals surface area contributed by atoms with Gasteiger partial charge in [-0.25, -0.2) is 0 Å². The molecule has 3 rings (SSSR count). The third kappa shape index (κ3) is 4.58. The van der Waals surface area contributed by atoms with Crippen LogP contribution in [0, 0.1) is 0 Å². The second-order valence-electron chi connectivity index (χ2n) is 5.88. The van der Waals surface area contributed by atoms with Crippen LogP contribution in [-0.4, -0.2) is 27.3 Å². The van der Waals surface area contributed by atoms with E-state index in [4.69, 9.17) is 16.3 Å². The number of hydrogen-bond donors (Lipinski definition) is 2. The zero-order chi connectivity index (χ0) is 19.4. The zero-order valence-corrected chi connectivity index (χ0v) is 16.1. The second kappa shape index (κ2) is 7.98. The van der Waals surface area contributed by atoms with Gasteiger partial charge < -0.3 is 15.4 Å². The minimum atomic E-state index is -3.71. The topological polar surface area (TPSA) is 96.9 Å². The Morgan fingerprint density at radius 3 is 2.81 bits per heavy atom. The second-order valence-corrected chi connectivity index (χ2v) is 7.89. The number of carbonyl (C=O) groups is 1. The number of anilines is 2. The van der Waals surface area contributed by atoms with Crippen LogP contribution in [0.15, 0.2) is 51.8 Å². The number of nitrogens with one attached hydrogen (secondary N) is 2. The molecule has 27 heavy (non-hydrogen) atoms. The van der Waals surface area contributed by atoms with Gasteiger partial charge in [0.15, 0.2) is 0 Å². The van der Waals surface area contributed by atoms with E-state index in [0.717, 1.165) is 0 Å². The van der Waals surface area contributed by atoms with Crippen LogP contribution in [0.2, 0.25) is 5.02 Å². The van der Waals surface area contributed by atoms with Gasteiger partial charge in [-0.1, -0.05) is 23.7 Å². The maximum Gasteiger partial charge on any atom is 0.286 e. The normalized spacial score (nSPS) is 14.5. The minimum absolute atomic E-state index is 0.152. The van der Waals surface area contributed by atoms with Crippen molar-refractivity contribution >= 4 is 44.7 Å². The van der Waals surface area contributed by atoms with Crippen LogP contribution in [0.4, 0.5) is 11.4 Å². The summed E-state index contributed by atoms with van der Waals surface area (Å²) < 4.78 is 33.4. The van der Waals surface area contributed by atoms with Gasteiger partial charge in [0, 0.05) is 17.9 Å². The summed E-state index contributed by atoms with van der Waals surface area (Å²) in [5.74, 6) is 0.603. The highest BCUT2D eigenvalue weighted by Crippen LogP contribution is 2.29. The third-order valence-electron chi connectivity index (χ3n) is 3.93. The summed E-state index contributed by atoms with van der Waals surface area (Å²) in [6, 6.07) is 11.5. The molecular formula is C18H18ClN3O4S. The first-order valence-electron chi connectivity index (χ1n) is 8.22. The summed E-state index contributed by atoms with van der Waals surface area (Å²) in [7, 11) is -2.21. The summed E-state index contributed by atoms with van der Waals surface area (Å²) in [6.45, 7) is 0. The first-order chi connectivity index (χ1) is 12.9. The number of halogens is 1. The highest BCUT2D eigenvalue weighted by atomic mass is 35.5. The molecule has 0 fully saturated rings. The fraction of sp³-hybridized carbons (Fsp3) is 0.222. The molecule has 0 radical (unpaired) electrons. The largest absolute Gasteiger partial charge is 0.495 e. The van der Waals surface area contributed by atoms with Crippen molar-refractivity contribution < 1.29 is 17.9 Å². The Morgan fingerprint density at radius 2 is 2.04 bits per heavy atom. The number of nitrogens with zero attached hydrogens (tertiary/aromatic N) is 1. The number of carbonyl (C=O) groups excluding carboxylic acids is 1. The third-order valence-corrected chi connectivity index (χ3v) is 5.53. The van der Waals surface area contributed by atoms with E-state index >= 15 is 0 Å². The minimum Gasteiger partial charge on any atom is -0.495 e. The fourth-order valence-corrected chi connectivity index (χ4v) is 4.03. The van der Waals surface area contributed by atoms with Gasteiger partial charge in [-0.05, 0) is 36.8 Å². The van der Waals surface area contributed by atoms with Gasteiger partial charge in [-0.3, -0.25) is 4.79 Å². The molecule has 0 saturated heterocycles. The molecule has 2 aromatic carbocycles. The molecule has 2 aromatic rings. The lowest BCUT2D eigenvalue weighted by molar-refractivity contribution is -0.116. The fourth-order valence-electron chi connectivity index (χ4n) is 2.68. The Balaban J connectivity index is 1.58.